The summed E-state index contributed by atoms with van der Waals surface area (Å²) in [6, 6.07) is 7.31. The summed E-state index contributed by atoms with van der Waals surface area (Å²) >= 11 is 5.83. The van der Waals surface area contributed by atoms with E-state index in [-0.39, 0.29) is 25.1 Å². The number of nitrogens with one attached hydrogen (secondary N) is 1. The normalized spacial score (nSPS) is 14.8. The number of nitrogens with zero attached hydrogens (tertiary/aromatic N) is 4. The fraction of sp³-hybridized carbons (Fsp3) is 0.467. The van der Waals surface area contributed by atoms with Crippen molar-refractivity contribution in [3.05, 3.63) is 35.1 Å². The van der Waals surface area contributed by atoms with E-state index in [1.54, 1.807) is 24.3 Å². The Morgan fingerprint density at radius 2 is 2.04 bits per heavy atom. The van der Waals surface area contributed by atoms with Crippen LogP contribution in [0.5, 0.6) is 5.75 Å². The summed E-state index contributed by atoms with van der Waals surface area (Å²) in [5.41, 5.74) is 0. The lowest BCUT2D eigenvalue weighted by Crippen LogP contribution is -2.35. The third kappa shape index (κ3) is 4.41. The minimum absolute atomic E-state index is 0.0723. The Balaban J connectivity index is 1.54. The zero-order chi connectivity index (χ0) is 16.1. The summed E-state index contributed by atoms with van der Waals surface area (Å²) in [6.45, 7) is 0.286. The van der Waals surface area contributed by atoms with Crippen molar-refractivity contribution in [3.63, 3.8) is 0 Å². The lowest BCUT2D eigenvalue weighted by Gasteiger charge is -2.12. The van der Waals surface area contributed by atoms with E-state index < -0.39 is 0 Å². The van der Waals surface area contributed by atoms with E-state index in [9.17, 15) is 4.79 Å². The van der Waals surface area contributed by atoms with Crippen LogP contribution in [0.4, 0.5) is 0 Å². The first-order valence-electron chi connectivity index (χ1n) is 7.63. The maximum Gasteiger partial charge on any atom is 0.242 e. The van der Waals surface area contributed by atoms with Gasteiger partial charge < -0.3 is 10.1 Å². The standard InChI is InChI=1S/C15H18ClN5O2/c16-11-5-7-13(8-6-11)23-10-14-18-19-20-21(14)9-15(22)17-12-3-1-2-4-12/h5-8,12H,1-4,9-10H2,(H,17,22). The minimum Gasteiger partial charge on any atom is -0.486 e. The molecule has 1 aromatic heterocycles. The van der Waals surface area contributed by atoms with E-state index in [1.807, 2.05) is 0 Å². The van der Waals surface area contributed by atoms with Crippen LogP contribution in [0.1, 0.15) is 31.5 Å². The van der Waals surface area contributed by atoms with Gasteiger partial charge in [0, 0.05) is 11.1 Å². The number of aromatic nitrogens is 4. The van der Waals surface area contributed by atoms with Crippen LogP contribution >= 0.6 is 11.6 Å². The van der Waals surface area contributed by atoms with Gasteiger partial charge in [0.15, 0.2) is 5.82 Å². The van der Waals surface area contributed by atoms with Crippen LogP contribution in [0.25, 0.3) is 0 Å². The Kier molecular flexibility index (Phi) is 5.07. The predicted molar refractivity (Wildman–Crippen MR) is 84.0 cm³/mol. The van der Waals surface area contributed by atoms with E-state index >= 15 is 0 Å². The smallest absolute Gasteiger partial charge is 0.242 e. The number of carbonyl (C=O) groups is 1. The maximum atomic E-state index is 12.0. The second-order valence-corrected chi connectivity index (χ2v) is 5.98. The molecule has 0 aliphatic heterocycles. The van der Waals surface area contributed by atoms with Gasteiger partial charge in [-0.25, -0.2) is 4.68 Å². The van der Waals surface area contributed by atoms with Crippen molar-refractivity contribution in [1.82, 2.24) is 25.5 Å². The molecule has 0 spiro atoms. The molecular formula is C15H18ClN5O2. The number of tetrazole rings is 1. The number of carbonyl (C=O) groups excluding carboxylic acids is 1. The topological polar surface area (TPSA) is 81.9 Å². The monoisotopic (exact) mass is 335 g/mol. The molecular weight excluding hydrogens is 318 g/mol. The number of rotatable bonds is 6. The zero-order valence-electron chi connectivity index (χ0n) is 12.6. The minimum atomic E-state index is -0.0723. The van der Waals surface area contributed by atoms with Gasteiger partial charge in [0.25, 0.3) is 0 Å². The Morgan fingerprint density at radius 3 is 2.78 bits per heavy atom. The summed E-state index contributed by atoms with van der Waals surface area (Å²) in [4.78, 5) is 12.0. The number of amides is 1. The van der Waals surface area contributed by atoms with Gasteiger partial charge in [0.2, 0.25) is 5.91 Å². The molecule has 0 unspecified atom stereocenters. The van der Waals surface area contributed by atoms with E-state index in [4.69, 9.17) is 16.3 Å². The quantitative estimate of drug-likeness (QED) is 0.872. The third-order valence-electron chi connectivity index (χ3n) is 3.80. The van der Waals surface area contributed by atoms with Gasteiger partial charge in [-0.2, -0.15) is 0 Å². The summed E-state index contributed by atoms with van der Waals surface area (Å²) in [5.74, 6) is 1.10. The van der Waals surface area contributed by atoms with Crippen molar-refractivity contribution in [1.29, 1.82) is 0 Å². The number of hydrogen-bond donors (Lipinski definition) is 1. The number of hydrogen-bond acceptors (Lipinski definition) is 5. The molecule has 0 bridgehead atoms. The number of ether oxygens (including phenoxy) is 1. The molecule has 0 radical (unpaired) electrons. The second kappa shape index (κ2) is 7.41. The average molecular weight is 336 g/mol. The Bertz CT molecular complexity index is 652. The lowest BCUT2D eigenvalue weighted by atomic mass is 10.2. The van der Waals surface area contributed by atoms with Crippen LogP contribution in [0.2, 0.25) is 5.02 Å². The van der Waals surface area contributed by atoms with E-state index in [2.05, 4.69) is 20.8 Å². The molecule has 3 rings (SSSR count). The molecule has 1 aliphatic carbocycles. The van der Waals surface area contributed by atoms with E-state index in [0.29, 0.717) is 16.6 Å². The zero-order valence-corrected chi connectivity index (χ0v) is 13.4. The third-order valence-corrected chi connectivity index (χ3v) is 4.05. The number of benzene rings is 1. The summed E-state index contributed by atoms with van der Waals surface area (Å²) in [7, 11) is 0. The molecule has 0 saturated heterocycles. The molecule has 1 aliphatic rings. The molecule has 1 fully saturated rings. The first-order chi connectivity index (χ1) is 11.2. The van der Waals surface area contributed by atoms with Crippen LogP contribution in [-0.2, 0) is 17.9 Å². The second-order valence-electron chi connectivity index (χ2n) is 5.54. The molecule has 0 atom stereocenters. The molecule has 1 heterocycles. The van der Waals surface area contributed by atoms with Crippen molar-refractivity contribution in [2.24, 2.45) is 0 Å². The van der Waals surface area contributed by atoms with Crippen molar-refractivity contribution in [3.8, 4) is 5.75 Å². The van der Waals surface area contributed by atoms with Crippen LogP contribution in [0, 0.1) is 0 Å². The van der Waals surface area contributed by atoms with Gasteiger partial charge >= 0.3 is 0 Å². The highest BCUT2D eigenvalue weighted by atomic mass is 35.5. The van der Waals surface area contributed by atoms with E-state index in [0.717, 1.165) is 12.8 Å². The van der Waals surface area contributed by atoms with E-state index in [1.165, 1.54) is 17.5 Å². The molecule has 8 heteroatoms. The molecule has 2 aromatic rings. The van der Waals surface area contributed by atoms with Crippen molar-refractivity contribution < 1.29 is 9.53 Å². The highest BCUT2D eigenvalue weighted by Gasteiger charge is 2.18. The molecule has 23 heavy (non-hydrogen) atoms. The van der Waals surface area contributed by atoms with Crippen LogP contribution in [0.15, 0.2) is 24.3 Å². The Hall–Kier alpha value is -2.15. The summed E-state index contributed by atoms with van der Waals surface area (Å²) in [5, 5.41) is 15.0. The molecule has 1 aromatic carbocycles. The van der Waals surface area contributed by atoms with Crippen molar-refractivity contribution >= 4 is 17.5 Å². The first-order valence-corrected chi connectivity index (χ1v) is 8.01. The summed E-state index contributed by atoms with van der Waals surface area (Å²) in [6.07, 6.45) is 4.45. The average Bonchev–Trinajstić information content (AvgIpc) is 3.19. The van der Waals surface area contributed by atoms with Crippen LogP contribution in [-0.4, -0.2) is 32.2 Å². The molecule has 1 saturated carbocycles. The molecule has 1 amide bonds. The predicted octanol–water partition coefficient (Wildman–Crippen LogP) is 1.96. The van der Waals surface area contributed by atoms with Gasteiger partial charge in [0.1, 0.15) is 18.9 Å². The fourth-order valence-corrected chi connectivity index (χ4v) is 2.73. The van der Waals surface area contributed by atoms with Gasteiger partial charge in [-0.3, -0.25) is 4.79 Å². The highest BCUT2D eigenvalue weighted by molar-refractivity contribution is 6.30. The maximum absolute atomic E-state index is 12.0. The Labute approximate surface area is 139 Å². The van der Waals surface area contributed by atoms with Crippen LogP contribution in [0.3, 0.4) is 0 Å². The van der Waals surface area contributed by atoms with Crippen molar-refractivity contribution in [2.45, 2.75) is 44.9 Å². The van der Waals surface area contributed by atoms with Gasteiger partial charge in [-0.05, 0) is 47.5 Å². The lowest BCUT2D eigenvalue weighted by molar-refractivity contribution is -0.122. The molecule has 122 valence electrons. The van der Waals surface area contributed by atoms with Gasteiger partial charge in [-0.15, -0.1) is 5.10 Å². The highest BCUT2D eigenvalue weighted by Crippen LogP contribution is 2.18. The number of halogens is 1. The Morgan fingerprint density at radius 1 is 1.30 bits per heavy atom. The van der Waals surface area contributed by atoms with Gasteiger partial charge in [0.05, 0.1) is 0 Å². The SMILES string of the molecule is O=C(Cn1nnnc1COc1ccc(Cl)cc1)NC1CCCC1. The van der Waals surface area contributed by atoms with Crippen LogP contribution < -0.4 is 10.1 Å². The molecule has 1 N–H and O–H groups in total. The molecule has 7 nitrogen and oxygen atoms in total. The first kappa shape index (κ1) is 15.7. The summed E-state index contributed by atoms with van der Waals surface area (Å²) < 4.78 is 7.07. The van der Waals surface area contributed by atoms with Gasteiger partial charge in [-0.1, -0.05) is 24.4 Å². The largest absolute Gasteiger partial charge is 0.486 e. The fourth-order valence-electron chi connectivity index (χ4n) is 2.61. The van der Waals surface area contributed by atoms with Crippen molar-refractivity contribution in [2.75, 3.05) is 0 Å².